The summed E-state index contributed by atoms with van der Waals surface area (Å²) >= 11 is 0. The summed E-state index contributed by atoms with van der Waals surface area (Å²) in [5, 5.41) is 8.73. The van der Waals surface area contributed by atoms with Crippen LogP contribution >= 0.6 is 0 Å². The lowest BCUT2D eigenvalue weighted by atomic mass is 9.96. The average molecular weight is 313 g/mol. The Balaban J connectivity index is 2.77. The number of carboxylic acid groups (broad SMARTS) is 1. The second-order valence-electron chi connectivity index (χ2n) is 5.60. The molecule has 0 fully saturated rings. The van der Waals surface area contributed by atoms with Gasteiger partial charge in [0, 0.05) is 25.1 Å². The van der Waals surface area contributed by atoms with Crippen LogP contribution in [0.3, 0.4) is 0 Å². The molecule has 0 aliphatic rings. The van der Waals surface area contributed by atoms with Gasteiger partial charge in [0.05, 0.1) is 6.42 Å². The first-order valence-electron chi connectivity index (χ1n) is 7.18. The molecule has 0 aliphatic carbocycles. The number of nitrogens with zero attached hydrogens (tertiary/aromatic N) is 1. The van der Waals surface area contributed by atoms with Gasteiger partial charge < -0.3 is 10.0 Å². The molecule has 1 aromatic rings. The third-order valence-electron chi connectivity index (χ3n) is 3.48. The monoisotopic (exact) mass is 313 g/mol. The lowest BCUT2D eigenvalue weighted by Crippen LogP contribution is -2.39. The molecule has 1 rings (SSSR count). The SMILES string of the molecule is CC(CC(=O)N(CCC(=O)O)C(C)C)c1ccc(F)cc1F. The Hall–Kier alpha value is -1.98. The van der Waals surface area contributed by atoms with Gasteiger partial charge in [-0.25, -0.2) is 8.78 Å². The summed E-state index contributed by atoms with van der Waals surface area (Å²) in [5.74, 6) is -2.98. The fourth-order valence-corrected chi connectivity index (χ4v) is 2.28. The summed E-state index contributed by atoms with van der Waals surface area (Å²) in [6, 6.07) is 3.14. The van der Waals surface area contributed by atoms with Crippen molar-refractivity contribution < 1.29 is 23.5 Å². The Morgan fingerprint density at radius 3 is 2.36 bits per heavy atom. The lowest BCUT2D eigenvalue weighted by molar-refractivity contribution is -0.139. The first-order chi connectivity index (χ1) is 10.2. The van der Waals surface area contributed by atoms with Crippen molar-refractivity contribution in [3.8, 4) is 0 Å². The zero-order valence-corrected chi connectivity index (χ0v) is 13.0. The Morgan fingerprint density at radius 2 is 1.86 bits per heavy atom. The van der Waals surface area contributed by atoms with Crippen LogP contribution in [0.25, 0.3) is 0 Å². The van der Waals surface area contributed by atoms with Crippen molar-refractivity contribution in [2.75, 3.05) is 6.54 Å². The third kappa shape index (κ3) is 5.09. The van der Waals surface area contributed by atoms with E-state index in [0.29, 0.717) is 0 Å². The molecule has 6 heteroatoms. The van der Waals surface area contributed by atoms with Gasteiger partial charge in [-0.3, -0.25) is 9.59 Å². The van der Waals surface area contributed by atoms with Gasteiger partial charge in [-0.15, -0.1) is 0 Å². The van der Waals surface area contributed by atoms with Gasteiger partial charge in [0.1, 0.15) is 11.6 Å². The van der Waals surface area contributed by atoms with Crippen LogP contribution in [-0.2, 0) is 9.59 Å². The summed E-state index contributed by atoms with van der Waals surface area (Å²) in [7, 11) is 0. The molecule has 1 unspecified atom stereocenters. The Labute approximate surface area is 128 Å². The summed E-state index contributed by atoms with van der Waals surface area (Å²) in [5.41, 5.74) is 0.275. The van der Waals surface area contributed by atoms with Crippen molar-refractivity contribution in [2.45, 2.75) is 45.6 Å². The minimum atomic E-state index is -0.976. The first kappa shape index (κ1) is 18.1. The summed E-state index contributed by atoms with van der Waals surface area (Å²) < 4.78 is 26.6. The molecule has 0 aliphatic heterocycles. The lowest BCUT2D eigenvalue weighted by Gasteiger charge is -2.27. The second-order valence-corrected chi connectivity index (χ2v) is 5.60. The molecule has 1 atom stereocenters. The maximum atomic E-state index is 13.7. The van der Waals surface area contributed by atoms with Gasteiger partial charge in [0.2, 0.25) is 5.91 Å². The minimum absolute atomic E-state index is 0.0420. The average Bonchev–Trinajstić information content (AvgIpc) is 2.37. The fraction of sp³-hybridized carbons (Fsp3) is 0.500. The van der Waals surface area contributed by atoms with Crippen molar-refractivity contribution in [2.24, 2.45) is 0 Å². The van der Waals surface area contributed by atoms with E-state index in [-0.39, 0.29) is 36.9 Å². The second kappa shape index (κ2) is 7.87. The molecular weight excluding hydrogens is 292 g/mol. The molecule has 4 nitrogen and oxygen atoms in total. The van der Waals surface area contributed by atoms with Crippen LogP contribution < -0.4 is 0 Å². The van der Waals surface area contributed by atoms with Gasteiger partial charge in [0.25, 0.3) is 0 Å². The van der Waals surface area contributed by atoms with Crippen LogP contribution in [0.4, 0.5) is 8.78 Å². The van der Waals surface area contributed by atoms with E-state index in [1.54, 1.807) is 20.8 Å². The van der Waals surface area contributed by atoms with E-state index in [1.165, 1.54) is 11.0 Å². The molecule has 0 radical (unpaired) electrons. The maximum Gasteiger partial charge on any atom is 0.305 e. The van der Waals surface area contributed by atoms with Crippen LogP contribution in [-0.4, -0.2) is 34.5 Å². The van der Waals surface area contributed by atoms with E-state index in [0.717, 1.165) is 12.1 Å². The van der Waals surface area contributed by atoms with Crippen molar-refractivity contribution in [3.63, 3.8) is 0 Å². The molecular formula is C16H21F2NO3. The number of hydrogen-bond donors (Lipinski definition) is 1. The standard InChI is InChI=1S/C16H21F2NO3/c1-10(2)19(7-6-16(21)22)15(20)8-11(3)13-5-4-12(17)9-14(13)18/h4-5,9-11H,6-8H2,1-3H3,(H,21,22). The number of aliphatic carboxylic acids is 1. The third-order valence-corrected chi connectivity index (χ3v) is 3.48. The number of benzene rings is 1. The van der Waals surface area contributed by atoms with Crippen LogP contribution in [0, 0.1) is 11.6 Å². The minimum Gasteiger partial charge on any atom is -0.481 e. The highest BCUT2D eigenvalue weighted by atomic mass is 19.1. The van der Waals surface area contributed by atoms with Gasteiger partial charge in [0.15, 0.2) is 0 Å². The maximum absolute atomic E-state index is 13.7. The Bertz CT molecular complexity index is 546. The predicted molar refractivity (Wildman–Crippen MR) is 78.5 cm³/mol. The van der Waals surface area contributed by atoms with Crippen LogP contribution in [0.15, 0.2) is 18.2 Å². The smallest absolute Gasteiger partial charge is 0.305 e. The van der Waals surface area contributed by atoms with Crippen molar-refractivity contribution in [3.05, 3.63) is 35.4 Å². The molecule has 1 amide bonds. The molecule has 0 bridgehead atoms. The van der Waals surface area contributed by atoms with Crippen LogP contribution in [0.5, 0.6) is 0 Å². The van der Waals surface area contributed by atoms with E-state index in [9.17, 15) is 18.4 Å². The van der Waals surface area contributed by atoms with Crippen LogP contribution in [0.1, 0.15) is 45.1 Å². The largest absolute Gasteiger partial charge is 0.481 e. The Kier molecular flexibility index (Phi) is 6.46. The Morgan fingerprint density at radius 1 is 1.23 bits per heavy atom. The van der Waals surface area contributed by atoms with Crippen molar-refractivity contribution in [1.82, 2.24) is 4.90 Å². The number of amides is 1. The van der Waals surface area contributed by atoms with Crippen LogP contribution in [0.2, 0.25) is 0 Å². The van der Waals surface area contributed by atoms with Crippen molar-refractivity contribution in [1.29, 1.82) is 0 Å². The molecule has 0 saturated heterocycles. The summed E-state index contributed by atoms with van der Waals surface area (Å²) in [6.45, 7) is 5.39. The fourth-order valence-electron chi connectivity index (χ4n) is 2.28. The van der Waals surface area contributed by atoms with E-state index < -0.39 is 23.5 Å². The number of hydrogen-bond acceptors (Lipinski definition) is 2. The van der Waals surface area contributed by atoms with Gasteiger partial charge in [-0.2, -0.15) is 0 Å². The highest BCUT2D eigenvalue weighted by molar-refractivity contribution is 5.78. The van der Waals surface area contributed by atoms with Crippen molar-refractivity contribution >= 4 is 11.9 Å². The highest BCUT2D eigenvalue weighted by Gasteiger charge is 2.22. The normalized spacial score (nSPS) is 12.3. The molecule has 122 valence electrons. The molecule has 22 heavy (non-hydrogen) atoms. The summed E-state index contributed by atoms with van der Waals surface area (Å²) in [4.78, 5) is 24.4. The van der Waals surface area contributed by atoms with E-state index in [2.05, 4.69) is 0 Å². The number of rotatable bonds is 7. The molecule has 1 N–H and O–H groups in total. The van der Waals surface area contributed by atoms with E-state index in [1.807, 2.05) is 0 Å². The summed E-state index contributed by atoms with van der Waals surface area (Å²) in [6.07, 6.45) is -0.0937. The van der Waals surface area contributed by atoms with Gasteiger partial charge >= 0.3 is 5.97 Å². The molecule has 1 aromatic carbocycles. The number of carbonyl (C=O) groups excluding carboxylic acids is 1. The molecule has 0 heterocycles. The predicted octanol–water partition coefficient (Wildman–Crippen LogP) is 3.17. The van der Waals surface area contributed by atoms with E-state index in [4.69, 9.17) is 5.11 Å². The number of halogens is 2. The topological polar surface area (TPSA) is 57.6 Å². The molecule has 0 saturated carbocycles. The first-order valence-corrected chi connectivity index (χ1v) is 7.18. The molecule has 0 spiro atoms. The molecule has 0 aromatic heterocycles. The van der Waals surface area contributed by atoms with Gasteiger partial charge in [-0.05, 0) is 31.4 Å². The van der Waals surface area contributed by atoms with Gasteiger partial charge in [-0.1, -0.05) is 13.0 Å². The number of carbonyl (C=O) groups is 2. The van der Waals surface area contributed by atoms with E-state index >= 15 is 0 Å². The zero-order chi connectivity index (χ0) is 16.9. The highest BCUT2D eigenvalue weighted by Crippen LogP contribution is 2.24. The number of carboxylic acids is 1. The quantitative estimate of drug-likeness (QED) is 0.841. The zero-order valence-electron chi connectivity index (χ0n) is 13.0.